The van der Waals surface area contributed by atoms with Crippen molar-refractivity contribution in [3.8, 4) is 0 Å². The molecule has 1 saturated heterocycles. The van der Waals surface area contributed by atoms with Gasteiger partial charge in [-0.1, -0.05) is 0 Å². The fourth-order valence-electron chi connectivity index (χ4n) is 1.12. The third-order valence-corrected chi connectivity index (χ3v) is 1.88. The molecule has 0 spiro atoms. The maximum Gasteiger partial charge on any atom is 0.295 e. The van der Waals surface area contributed by atoms with E-state index in [2.05, 4.69) is 4.74 Å². The molecule has 5 nitrogen and oxygen atoms in total. The SMILES string of the molecule is CC1OC(OC=O)C(O)CC1O. The van der Waals surface area contributed by atoms with Crippen molar-refractivity contribution in [2.24, 2.45) is 0 Å². The third kappa shape index (κ3) is 1.94. The number of ether oxygens (including phenoxy) is 2. The molecule has 1 heterocycles. The van der Waals surface area contributed by atoms with Gasteiger partial charge < -0.3 is 19.7 Å². The Labute approximate surface area is 69.9 Å². The summed E-state index contributed by atoms with van der Waals surface area (Å²) in [7, 11) is 0. The summed E-state index contributed by atoms with van der Waals surface area (Å²) in [5, 5.41) is 18.4. The summed E-state index contributed by atoms with van der Waals surface area (Å²) in [5.41, 5.74) is 0. The van der Waals surface area contributed by atoms with E-state index in [4.69, 9.17) is 4.74 Å². The van der Waals surface area contributed by atoms with Gasteiger partial charge in [-0.2, -0.15) is 0 Å². The fraction of sp³-hybridized carbons (Fsp3) is 0.857. The average Bonchev–Trinajstić information content (AvgIpc) is 2.01. The summed E-state index contributed by atoms with van der Waals surface area (Å²) in [6, 6.07) is 0. The molecule has 0 aromatic carbocycles. The normalized spacial score (nSPS) is 42.2. The molecule has 0 aromatic rings. The van der Waals surface area contributed by atoms with Gasteiger partial charge in [0.25, 0.3) is 6.47 Å². The highest BCUT2D eigenvalue weighted by atomic mass is 16.7. The van der Waals surface area contributed by atoms with Crippen LogP contribution in [0.15, 0.2) is 0 Å². The van der Waals surface area contributed by atoms with Gasteiger partial charge in [0.15, 0.2) is 0 Å². The molecule has 2 N–H and O–H groups in total. The molecule has 1 rings (SSSR count). The molecule has 4 unspecified atom stereocenters. The van der Waals surface area contributed by atoms with Crippen molar-refractivity contribution in [2.45, 2.75) is 37.9 Å². The van der Waals surface area contributed by atoms with Gasteiger partial charge in [-0.25, -0.2) is 0 Å². The Morgan fingerprint density at radius 3 is 2.75 bits per heavy atom. The monoisotopic (exact) mass is 176 g/mol. The molecule has 1 fully saturated rings. The van der Waals surface area contributed by atoms with E-state index in [1.165, 1.54) is 0 Å². The zero-order valence-corrected chi connectivity index (χ0v) is 6.71. The molecule has 5 heteroatoms. The van der Waals surface area contributed by atoms with Crippen molar-refractivity contribution < 1.29 is 24.5 Å². The van der Waals surface area contributed by atoms with Crippen LogP contribution in [-0.2, 0) is 14.3 Å². The van der Waals surface area contributed by atoms with Crippen LogP contribution in [0.4, 0.5) is 0 Å². The molecule has 0 aromatic heterocycles. The molecule has 0 aliphatic carbocycles. The predicted molar refractivity (Wildman–Crippen MR) is 38.1 cm³/mol. The van der Waals surface area contributed by atoms with Crippen molar-refractivity contribution in [2.75, 3.05) is 0 Å². The lowest BCUT2D eigenvalue weighted by molar-refractivity contribution is -0.247. The standard InChI is InChI=1S/C7H12O5/c1-4-5(9)2-6(10)7(12-4)11-3-8/h3-7,9-10H,2H2,1H3. The molecule has 1 aliphatic heterocycles. The Hall–Kier alpha value is -0.650. The van der Waals surface area contributed by atoms with Crippen molar-refractivity contribution in [1.82, 2.24) is 0 Å². The summed E-state index contributed by atoms with van der Waals surface area (Å²) >= 11 is 0. The van der Waals surface area contributed by atoms with Crippen molar-refractivity contribution >= 4 is 6.47 Å². The molecule has 0 bridgehead atoms. The van der Waals surface area contributed by atoms with E-state index in [-0.39, 0.29) is 12.9 Å². The second-order valence-electron chi connectivity index (χ2n) is 2.81. The average molecular weight is 176 g/mol. The maximum absolute atomic E-state index is 9.93. The number of hydrogen-bond acceptors (Lipinski definition) is 5. The van der Waals surface area contributed by atoms with E-state index in [1.54, 1.807) is 6.92 Å². The minimum atomic E-state index is -0.944. The van der Waals surface area contributed by atoms with Gasteiger partial charge in [0, 0.05) is 6.42 Å². The topological polar surface area (TPSA) is 76.0 Å². The first-order valence-corrected chi connectivity index (χ1v) is 3.76. The molecule has 0 amide bonds. The largest absolute Gasteiger partial charge is 0.435 e. The molecule has 1 aliphatic rings. The highest BCUT2D eigenvalue weighted by Gasteiger charge is 2.34. The third-order valence-electron chi connectivity index (χ3n) is 1.88. The zero-order valence-electron chi connectivity index (χ0n) is 6.71. The molecular formula is C7H12O5. The van der Waals surface area contributed by atoms with E-state index >= 15 is 0 Å². The molecular weight excluding hydrogens is 164 g/mol. The Balaban J connectivity index is 2.49. The first-order valence-electron chi connectivity index (χ1n) is 3.76. The van der Waals surface area contributed by atoms with Crippen LogP contribution in [0.5, 0.6) is 0 Å². The van der Waals surface area contributed by atoms with E-state index < -0.39 is 24.6 Å². The maximum atomic E-state index is 9.93. The Morgan fingerprint density at radius 2 is 2.17 bits per heavy atom. The minimum Gasteiger partial charge on any atom is -0.435 e. The Bertz CT molecular complexity index is 160. The molecule has 0 saturated carbocycles. The quantitative estimate of drug-likeness (QED) is 0.529. The highest BCUT2D eigenvalue weighted by Crippen LogP contribution is 2.20. The van der Waals surface area contributed by atoms with Crippen LogP contribution in [0, 0.1) is 0 Å². The first kappa shape index (κ1) is 9.44. The summed E-state index contributed by atoms with van der Waals surface area (Å²) < 4.78 is 9.45. The number of carbonyl (C=O) groups excluding carboxylic acids is 1. The van der Waals surface area contributed by atoms with Gasteiger partial charge in [-0.15, -0.1) is 0 Å². The molecule has 12 heavy (non-hydrogen) atoms. The van der Waals surface area contributed by atoms with Crippen LogP contribution in [-0.4, -0.2) is 41.3 Å². The summed E-state index contributed by atoms with van der Waals surface area (Å²) in [5.74, 6) is 0. The zero-order chi connectivity index (χ0) is 9.14. The minimum absolute atomic E-state index is 0.166. The molecule has 0 radical (unpaired) electrons. The lowest BCUT2D eigenvalue weighted by Crippen LogP contribution is -2.46. The van der Waals surface area contributed by atoms with E-state index in [0.717, 1.165) is 0 Å². The van der Waals surface area contributed by atoms with Gasteiger partial charge in [-0.3, -0.25) is 4.79 Å². The number of rotatable bonds is 2. The van der Waals surface area contributed by atoms with E-state index in [1.807, 2.05) is 0 Å². The van der Waals surface area contributed by atoms with Crippen LogP contribution < -0.4 is 0 Å². The highest BCUT2D eigenvalue weighted by molar-refractivity contribution is 5.37. The van der Waals surface area contributed by atoms with Crippen LogP contribution >= 0.6 is 0 Å². The summed E-state index contributed by atoms with van der Waals surface area (Å²) in [6.07, 6.45) is -2.84. The van der Waals surface area contributed by atoms with Crippen molar-refractivity contribution in [3.05, 3.63) is 0 Å². The van der Waals surface area contributed by atoms with Crippen molar-refractivity contribution in [3.63, 3.8) is 0 Å². The first-order chi connectivity index (χ1) is 5.65. The van der Waals surface area contributed by atoms with Gasteiger partial charge in [0.1, 0.15) is 6.10 Å². The Morgan fingerprint density at radius 1 is 1.50 bits per heavy atom. The van der Waals surface area contributed by atoms with Gasteiger partial charge in [0.2, 0.25) is 6.29 Å². The smallest absolute Gasteiger partial charge is 0.295 e. The predicted octanol–water partition coefficient (Wildman–Crippen LogP) is -0.984. The fourth-order valence-corrected chi connectivity index (χ4v) is 1.12. The second kappa shape index (κ2) is 3.84. The van der Waals surface area contributed by atoms with E-state index in [9.17, 15) is 15.0 Å². The Kier molecular flexibility index (Phi) is 3.02. The van der Waals surface area contributed by atoms with Crippen molar-refractivity contribution in [1.29, 1.82) is 0 Å². The number of carbonyl (C=O) groups is 1. The summed E-state index contributed by atoms with van der Waals surface area (Å²) in [6.45, 7) is 1.87. The number of hydrogen-bond donors (Lipinski definition) is 2. The molecule has 70 valence electrons. The summed E-state index contributed by atoms with van der Waals surface area (Å²) in [4.78, 5) is 9.93. The van der Waals surface area contributed by atoms with Gasteiger partial charge in [-0.05, 0) is 6.92 Å². The number of aliphatic hydroxyl groups excluding tert-OH is 2. The van der Waals surface area contributed by atoms with Crippen LogP contribution in [0.25, 0.3) is 0 Å². The number of aliphatic hydroxyl groups is 2. The second-order valence-corrected chi connectivity index (χ2v) is 2.81. The van der Waals surface area contributed by atoms with Crippen LogP contribution in [0.1, 0.15) is 13.3 Å². The lowest BCUT2D eigenvalue weighted by Gasteiger charge is -2.33. The van der Waals surface area contributed by atoms with Gasteiger partial charge >= 0.3 is 0 Å². The molecule has 4 atom stereocenters. The van der Waals surface area contributed by atoms with Crippen LogP contribution in [0.3, 0.4) is 0 Å². The van der Waals surface area contributed by atoms with Crippen LogP contribution in [0.2, 0.25) is 0 Å². The lowest BCUT2D eigenvalue weighted by atomic mass is 10.0. The van der Waals surface area contributed by atoms with E-state index in [0.29, 0.717) is 0 Å². The van der Waals surface area contributed by atoms with Gasteiger partial charge in [0.05, 0.1) is 12.2 Å².